The van der Waals surface area contributed by atoms with Gasteiger partial charge < -0.3 is 9.47 Å². The van der Waals surface area contributed by atoms with Crippen LogP contribution in [0, 0.1) is 0 Å². The van der Waals surface area contributed by atoms with E-state index in [0.29, 0.717) is 6.61 Å². The maximum Gasteiger partial charge on any atom is 0.163 e. The van der Waals surface area contributed by atoms with E-state index in [9.17, 15) is 0 Å². The van der Waals surface area contributed by atoms with E-state index in [1.165, 1.54) is 21.2 Å². The van der Waals surface area contributed by atoms with Crippen molar-refractivity contribution in [2.24, 2.45) is 0 Å². The molecule has 1 fully saturated rings. The van der Waals surface area contributed by atoms with Crippen LogP contribution in [0.25, 0.3) is 0 Å². The van der Waals surface area contributed by atoms with Crippen LogP contribution >= 0.6 is 15.8 Å². The van der Waals surface area contributed by atoms with Crippen LogP contribution in [0.5, 0.6) is 0 Å². The molecule has 5 rings (SSSR count). The largest absolute Gasteiger partial charge is 0.348 e. The second-order valence-corrected chi connectivity index (χ2v) is 13.4. The van der Waals surface area contributed by atoms with Crippen molar-refractivity contribution in [3.8, 4) is 0 Å². The fourth-order valence-corrected chi connectivity index (χ4v) is 7.99. The smallest absolute Gasteiger partial charge is 0.163 e. The number of ether oxygens (including phenoxy) is 2. The average Bonchev–Trinajstić information content (AvgIpc) is 3.27. The van der Waals surface area contributed by atoms with E-state index in [1.807, 2.05) is 13.8 Å². The number of hydrogen-bond donors (Lipinski definition) is 0. The van der Waals surface area contributed by atoms with Crippen LogP contribution in [0.3, 0.4) is 0 Å². The molecule has 0 amide bonds. The van der Waals surface area contributed by atoms with Gasteiger partial charge in [0.25, 0.3) is 0 Å². The molecule has 0 aliphatic carbocycles. The molecule has 180 valence electrons. The summed E-state index contributed by atoms with van der Waals surface area (Å²) < 4.78 is 11.7. The van der Waals surface area contributed by atoms with Gasteiger partial charge in [0.15, 0.2) is 5.79 Å². The molecule has 1 heterocycles. The summed E-state index contributed by atoms with van der Waals surface area (Å²) >= 11 is 0. The van der Waals surface area contributed by atoms with Crippen LogP contribution in [-0.4, -0.2) is 31.3 Å². The van der Waals surface area contributed by atoms with Crippen molar-refractivity contribution in [3.63, 3.8) is 0 Å². The molecule has 0 aromatic heterocycles. The fraction of sp³-hybridized carbons (Fsp3) is 0.226. The topological polar surface area (TPSA) is 18.5 Å². The summed E-state index contributed by atoms with van der Waals surface area (Å²) in [6.07, 6.45) is 1.18. The summed E-state index contributed by atoms with van der Waals surface area (Å²) in [4.78, 5) is 0. The summed E-state index contributed by atoms with van der Waals surface area (Å²) in [5, 5.41) is 5.67. The fourth-order valence-electron chi connectivity index (χ4n) is 4.08. The van der Waals surface area contributed by atoms with Crippen molar-refractivity contribution in [1.82, 2.24) is 0 Å². The molecular weight excluding hydrogens is 466 g/mol. The Morgan fingerprint density at radius 1 is 0.629 bits per heavy atom. The minimum Gasteiger partial charge on any atom is -0.348 e. The Morgan fingerprint density at radius 2 is 1.00 bits per heavy atom. The highest BCUT2D eigenvalue weighted by Gasteiger charge is 2.34. The number of rotatable bonds is 6. The maximum atomic E-state index is 6.02. The zero-order chi connectivity index (χ0) is 24.5. The molecule has 1 atom stereocenters. The normalized spacial score (nSPS) is 16.7. The lowest BCUT2D eigenvalue weighted by atomic mass is 10.4. The van der Waals surface area contributed by atoms with Crippen LogP contribution < -0.4 is 21.2 Å². The lowest BCUT2D eigenvalue weighted by Gasteiger charge is -2.23. The van der Waals surface area contributed by atoms with Gasteiger partial charge >= 0.3 is 0 Å². The van der Waals surface area contributed by atoms with Gasteiger partial charge in [0.1, 0.15) is 0 Å². The molecule has 4 heteroatoms. The summed E-state index contributed by atoms with van der Waals surface area (Å²) in [6.45, 7) is 6.96. The molecule has 1 saturated heterocycles. The van der Waals surface area contributed by atoms with Crippen LogP contribution in [0.2, 0.25) is 0 Å². The minimum atomic E-state index is -0.445. The molecule has 0 spiro atoms. The van der Waals surface area contributed by atoms with Gasteiger partial charge in [-0.2, -0.15) is 0 Å². The van der Waals surface area contributed by atoms with Gasteiger partial charge in [-0.3, -0.25) is 0 Å². The average molecular weight is 501 g/mol. The van der Waals surface area contributed by atoms with Crippen molar-refractivity contribution >= 4 is 37.1 Å². The molecule has 1 aliphatic rings. The highest BCUT2D eigenvalue weighted by atomic mass is 31.1. The second-order valence-electron chi connectivity index (χ2n) is 8.96. The summed E-state index contributed by atoms with van der Waals surface area (Å²) in [5.74, 6) is -0.445. The summed E-state index contributed by atoms with van der Waals surface area (Å²) in [5.41, 5.74) is 0. The van der Waals surface area contributed by atoms with Gasteiger partial charge in [0, 0.05) is 6.16 Å². The molecular formula is C31H34O2P2. The Hall–Kier alpha value is -2.34. The molecule has 0 saturated carbocycles. The van der Waals surface area contributed by atoms with Gasteiger partial charge in [-0.05, 0) is 57.6 Å². The van der Waals surface area contributed by atoms with E-state index >= 15 is 0 Å². The SMILES string of the molecule is CC1(C)OCC(CP(c2ccccc2)c2ccccc2)O1.CP(c1ccccc1)c1ccccc1. The monoisotopic (exact) mass is 500 g/mol. The molecule has 0 radical (unpaired) electrons. The highest BCUT2D eigenvalue weighted by Crippen LogP contribution is 2.37. The van der Waals surface area contributed by atoms with E-state index < -0.39 is 13.7 Å². The Bertz CT molecular complexity index is 1060. The summed E-state index contributed by atoms with van der Waals surface area (Å²) in [7, 11) is -0.579. The third kappa shape index (κ3) is 7.57. The van der Waals surface area contributed by atoms with Gasteiger partial charge in [-0.1, -0.05) is 121 Å². The third-order valence-electron chi connectivity index (χ3n) is 5.88. The Balaban J connectivity index is 0.000000179. The number of benzene rings is 4. The van der Waals surface area contributed by atoms with Crippen molar-refractivity contribution in [2.45, 2.75) is 25.7 Å². The molecule has 4 aromatic carbocycles. The first-order valence-corrected chi connectivity index (χ1v) is 15.4. The van der Waals surface area contributed by atoms with E-state index in [1.54, 1.807) is 0 Å². The molecule has 1 unspecified atom stereocenters. The van der Waals surface area contributed by atoms with Crippen molar-refractivity contribution in [2.75, 3.05) is 19.4 Å². The van der Waals surface area contributed by atoms with Crippen LogP contribution in [0.15, 0.2) is 121 Å². The number of hydrogen-bond acceptors (Lipinski definition) is 2. The van der Waals surface area contributed by atoms with Crippen molar-refractivity contribution in [3.05, 3.63) is 121 Å². The zero-order valence-electron chi connectivity index (χ0n) is 20.7. The molecule has 1 aliphatic heterocycles. The predicted molar refractivity (Wildman–Crippen MR) is 154 cm³/mol. The Kier molecular flexibility index (Phi) is 9.25. The van der Waals surface area contributed by atoms with Crippen LogP contribution in [0.1, 0.15) is 13.8 Å². The quantitative estimate of drug-likeness (QED) is 0.302. The Morgan fingerprint density at radius 3 is 1.34 bits per heavy atom. The first-order chi connectivity index (χ1) is 17.0. The highest BCUT2D eigenvalue weighted by molar-refractivity contribution is 7.73. The summed E-state index contributed by atoms with van der Waals surface area (Å²) in [6, 6.07) is 42.9. The lowest BCUT2D eigenvalue weighted by molar-refractivity contribution is -0.135. The molecule has 4 aromatic rings. The minimum absolute atomic E-state index is 0.171. The zero-order valence-corrected chi connectivity index (χ0v) is 22.5. The lowest BCUT2D eigenvalue weighted by Crippen LogP contribution is -2.26. The maximum absolute atomic E-state index is 6.02. The van der Waals surface area contributed by atoms with Gasteiger partial charge in [-0.25, -0.2) is 0 Å². The molecule has 35 heavy (non-hydrogen) atoms. The Labute approximate surface area is 212 Å². The standard InChI is InChI=1S/C18H21O2P.C13H13P/c1-18(2)19-13-15(20-18)14-21(16-9-5-3-6-10-16)17-11-7-4-8-12-17;1-14(12-8-4-2-5-9-12)13-10-6-3-7-11-13/h3-12,15H,13-14H2,1-2H3;2-11H,1H3. The first-order valence-electron chi connectivity index (χ1n) is 12.0. The van der Waals surface area contributed by atoms with Crippen LogP contribution in [-0.2, 0) is 9.47 Å². The molecule has 2 nitrogen and oxygen atoms in total. The van der Waals surface area contributed by atoms with Crippen LogP contribution in [0.4, 0.5) is 0 Å². The third-order valence-corrected chi connectivity index (χ3v) is 10.6. The molecule has 0 bridgehead atoms. The second kappa shape index (κ2) is 12.6. The van der Waals surface area contributed by atoms with Crippen molar-refractivity contribution in [1.29, 1.82) is 0 Å². The van der Waals surface area contributed by atoms with Gasteiger partial charge in [0.05, 0.1) is 12.7 Å². The van der Waals surface area contributed by atoms with Gasteiger partial charge in [0.2, 0.25) is 0 Å². The first kappa shape index (κ1) is 25.7. The van der Waals surface area contributed by atoms with E-state index in [-0.39, 0.29) is 14.0 Å². The van der Waals surface area contributed by atoms with E-state index in [4.69, 9.17) is 9.47 Å². The van der Waals surface area contributed by atoms with Crippen molar-refractivity contribution < 1.29 is 9.47 Å². The molecule has 0 N–H and O–H groups in total. The van der Waals surface area contributed by atoms with E-state index in [2.05, 4.69) is 128 Å². The predicted octanol–water partition coefficient (Wildman–Crippen LogP) is 6.02. The van der Waals surface area contributed by atoms with Gasteiger partial charge in [-0.15, -0.1) is 0 Å². The van der Waals surface area contributed by atoms with E-state index in [0.717, 1.165) is 6.16 Å².